The number of aliphatic hydroxyl groups is 4. The van der Waals surface area contributed by atoms with Gasteiger partial charge in [0.15, 0.2) is 0 Å². The number of hydrogen-bond acceptors (Lipinski definition) is 5. The molecule has 14 heavy (non-hydrogen) atoms. The standard InChI is InChI=1S/C8H16FNO4/c9-1-2-10-3-6(12)8(14)7(13)5(10)4-11/h5-8,11-14H,1-4H2/t5-,6+,7-,8-/m1/s1. The molecule has 1 aliphatic heterocycles. The Labute approximate surface area is 81.4 Å². The third-order valence-electron chi connectivity index (χ3n) is 2.59. The summed E-state index contributed by atoms with van der Waals surface area (Å²) in [6.45, 7) is -0.892. The summed E-state index contributed by atoms with van der Waals surface area (Å²) in [5.41, 5.74) is 0. The molecule has 0 aliphatic carbocycles. The third-order valence-corrected chi connectivity index (χ3v) is 2.59. The molecule has 6 heteroatoms. The van der Waals surface area contributed by atoms with Gasteiger partial charge in [0.05, 0.1) is 18.8 Å². The Morgan fingerprint density at radius 2 is 1.86 bits per heavy atom. The lowest BCUT2D eigenvalue weighted by Gasteiger charge is -2.42. The highest BCUT2D eigenvalue weighted by atomic mass is 19.1. The van der Waals surface area contributed by atoms with Crippen molar-refractivity contribution in [1.29, 1.82) is 0 Å². The van der Waals surface area contributed by atoms with Crippen LogP contribution in [0.4, 0.5) is 4.39 Å². The Morgan fingerprint density at radius 3 is 2.36 bits per heavy atom. The van der Waals surface area contributed by atoms with Crippen LogP contribution < -0.4 is 0 Å². The average Bonchev–Trinajstić information content (AvgIpc) is 2.16. The highest BCUT2D eigenvalue weighted by Gasteiger charge is 2.40. The van der Waals surface area contributed by atoms with Gasteiger partial charge >= 0.3 is 0 Å². The van der Waals surface area contributed by atoms with Crippen LogP contribution in [0.1, 0.15) is 0 Å². The number of β-amino-alcohol motifs (C(OH)–C–C–N with tert-alkyl or cyclic N) is 1. The molecule has 4 atom stereocenters. The van der Waals surface area contributed by atoms with E-state index >= 15 is 0 Å². The molecule has 4 N–H and O–H groups in total. The van der Waals surface area contributed by atoms with Crippen LogP contribution in [0.2, 0.25) is 0 Å². The van der Waals surface area contributed by atoms with E-state index in [2.05, 4.69) is 0 Å². The zero-order valence-electron chi connectivity index (χ0n) is 7.75. The van der Waals surface area contributed by atoms with Gasteiger partial charge in [0.1, 0.15) is 18.9 Å². The van der Waals surface area contributed by atoms with E-state index in [4.69, 9.17) is 5.11 Å². The van der Waals surface area contributed by atoms with Crippen LogP contribution in [0.25, 0.3) is 0 Å². The Morgan fingerprint density at radius 1 is 1.21 bits per heavy atom. The van der Waals surface area contributed by atoms with E-state index in [0.717, 1.165) is 0 Å². The van der Waals surface area contributed by atoms with Gasteiger partial charge in [-0.1, -0.05) is 0 Å². The number of likely N-dealkylation sites (tertiary alicyclic amines) is 1. The van der Waals surface area contributed by atoms with Gasteiger partial charge in [-0.15, -0.1) is 0 Å². The molecule has 5 nitrogen and oxygen atoms in total. The lowest BCUT2D eigenvalue weighted by atomic mass is 9.94. The third kappa shape index (κ3) is 2.21. The number of hydrogen-bond donors (Lipinski definition) is 4. The topological polar surface area (TPSA) is 84.2 Å². The molecule has 0 spiro atoms. The molecule has 0 bridgehead atoms. The number of nitrogens with zero attached hydrogens (tertiary/aromatic N) is 1. The van der Waals surface area contributed by atoms with Crippen LogP contribution in [0.5, 0.6) is 0 Å². The smallest absolute Gasteiger partial charge is 0.109 e. The fourth-order valence-electron chi connectivity index (χ4n) is 1.74. The number of rotatable bonds is 3. The molecule has 0 unspecified atom stereocenters. The van der Waals surface area contributed by atoms with Crippen molar-refractivity contribution >= 4 is 0 Å². The lowest BCUT2D eigenvalue weighted by Crippen LogP contribution is -2.62. The van der Waals surface area contributed by atoms with E-state index in [9.17, 15) is 19.7 Å². The van der Waals surface area contributed by atoms with E-state index in [1.54, 1.807) is 0 Å². The van der Waals surface area contributed by atoms with Crippen molar-refractivity contribution < 1.29 is 24.8 Å². The maximum Gasteiger partial charge on any atom is 0.109 e. The van der Waals surface area contributed by atoms with Crippen LogP contribution in [0.3, 0.4) is 0 Å². The summed E-state index contributed by atoms with van der Waals surface area (Å²) in [5.74, 6) is 0. The predicted molar refractivity (Wildman–Crippen MR) is 46.4 cm³/mol. The molecule has 1 rings (SSSR count). The average molecular weight is 209 g/mol. The molecule has 84 valence electrons. The van der Waals surface area contributed by atoms with E-state index in [0.29, 0.717) is 0 Å². The monoisotopic (exact) mass is 209 g/mol. The van der Waals surface area contributed by atoms with Crippen molar-refractivity contribution in [2.75, 3.05) is 26.4 Å². The van der Waals surface area contributed by atoms with E-state index in [1.807, 2.05) is 0 Å². The fraction of sp³-hybridized carbons (Fsp3) is 1.00. The van der Waals surface area contributed by atoms with Gasteiger partial charge < -0.3 is 20.4 Å². The van der Waals surface area contributed by atoms with Gasteiger partial charge in [-0.2, -0.15) is 0 Å². The minimum atomic E-state index is -1.27. The molecule has 1 fully saturated rings. The maximum atomic E-state index is 12.1. The quantitative estimate of drug-likeness (QED) is 0.421. The molecule has 0 aromatic rings. The number of aliphatic hydroxyl groups excluding tert-OH is 4. The van der Waals surface area contributed by atoms with Crippen molar-refractivity contribution in [3.05, 3.63) is 0 Å². The van der Waals surface area contributed by atoms with Gasteiger partial charge in [0.2, 0.25) is 0 Å². The summed E-state index contributed by atoms with van der Waals surface area (Å²) in [7, 11) is 0. The summed E-state index contributed by atoms with van der Waals surface area (Å²) >= 11 is 0. The molecule has 0 aromatic carbocycles. The maximum absolute atomic E-state index is 12.1. The van der Waals surface area contributed by atoms with E-state index in [1.165, 1.54) is 4.90 Å². The highest BCUT2D eigenvalue weighted by molar-refractivity contribution is 4.93. The molecule has 0 amide bonds. The van der Waals surface area contributed by atoms with Crippen molar-refractivity contribution in [3.63, 3.8) is 0 Å². The summed E-state index contributed by atoms with van der Waals surface area (Å²) in [6, 6.07) is -0.704. The Hall–Kier alpha value is -0.270. The van der Waals surface area contributed by atoms with Crippen LogP contribution in [-0.2, 0) is 0 Å². The normalized spacial score (nSPS) is 40.1. The van der Waals surface area contributed by atoms with Gasteiger partial charge in [-0.3, -0.25) is 4.90 Å². The number of halogens is 1. The second kappa shape index (κ2) is 4.99. The Kier molecular flexibility index (Phi) is 4.21. The summed E-state index contributed by atoms with van der Waals surface area (Å²) in [6.07, 6.45) is -3.61. The van der Waals surface area contributed by atoms with Crippen LogP contribution in [-0.4, -0.2) is 76.1 Å². The van der Waals surface area contributed by atoms with Gasteiger partial charge in [-0.05, 0) is 0 Å². The van der Waals surface area contributed by atoms with Gasteiger partial charge in [0.25, 0.3) is 0 Å². The van der Waals surface area contributed by atoms with Gasteiger partial charge in [-0.25, -0.2) is 4.39 Å². The first-order valence-electron chi connectivity index (χ1n) is 4.57. The molecule has 1 heterocycles. The molecule has 0 radical (unpaired) electrons. The first-order valence-corrected chi connectivity index (χ1v) is 4.57. The molecular formula is C8H16FNO4. The molecule has 0 saturated carbocycles. The zero-order chi connectivity index (χ0) is 10.7. The molecular weight excluding hydrogens is 193 g/mol. The summed E-state index contributed by atoms with van der Waals surface area (Å²) in [5, 5.41) is 37.0. The fourth-order valence-corrected chi connectivity index (χ4v) is 1.74. The van der Waals surface area contributed by atoms with Crippen LogP contribution >= 0.6 is 0 Å². The molecule has 1 aliphatic rings. The van der Waals surface area contributed by atoms with Crippen molar-refractivity contribution in [2.45, 2.75) is 24.4 Å². The second-order valence-corrected chi connectivity index (χ2v) is 3.48. The summed E-state index contributed by atoms with van der Waals surface area (Å²) < 4.78 is 12.1. The van der Waals surface area contributed by atoms with Crippen LogP contribution in [0.15, 0.2) is 0 Å². The largest absolute Gasteiger partial charge is 0.395 e. The highest BCUT2D eigenvalue weighted by Crippen LogP contribution is 2.18. The molecule has 1 saturated heterocycles. The second-order valence-electron chi connectivity index (χ2n) is 3.48. The lowest BCUT2D eigenvalue weighted by molar-refractivity contribution is -0.145. The minimum absolute atomic E-state index is 0.0338. The number of piperidine rings is 1. The zero-order valence-corrected chi connectivity index (χ0v) is 7.75. The first kappa shape index (κ1) is 11.8. The van der Waals surface area contributed by atoms with Gasteiger partial charge in [0, 0.05) is 13.1 Å². The first-order chi connectivity index (χ1) is 6.61. The van der Waals surface area contributed by atoms with Crippen molar-refractivity contribution in [1.82, 2.24) is 4.90 Å². The minimum Gasteiger partial charge on any atom is -0.395 e. The number of alkyl halides is 1. The Bertz CT molecular complexity index is 183. The van der Waals surface area contributed by atoms with Crippen LogP contribution in [0, 0.1) is 0 Å². The molecule has 0 aromatic heterocycles. The van der Waals surface area contributed by atoms with E-state index in [-0.39, 0.29) is 19.7 Å². The van der Waals surface area contributed by atoms with E-state index < -0.39 is 31.0 Å². The SMILES string of the molecule is OC[C@@H]1[C@@H](O)[C@H](O)[C@@H](O)CN1CCF. The Balaban J connectivity index is 2.66. The predicted octanol–water partition coefficient (Wildman–Crippen LogP) is -2.28. The van der Waals surface area contributed by atoms with Crippen molar-refractivity contribution in [3.8, 4) is 0 Å². The van der Waals surface area contributed by atoms with Crippen molar-refractivity contribution in [2.24, 2.45) is 0 Å². The summed E-state index contributed by atoms with van der Waals surface area (Å²) in [4.78, 5) is 1.43.